The van der Waals surface area contributed by atoms with E-state index in [9.17, 15) is 4.79 Å². The number of aryl methyl sites for hydroxylation is 2. The van der Waals surface area contributed by atoms with Crippen LogP contribution < -0.4 is 11.1 Å². The first-order valence-corrected chi connectivity index (χ1v) is 6.60. The number of hydrogen-bond acceptors (Lipinski definition) is 4. The molecule has 0 aromatic carbocycles. The Balaban J connectivity index is 2.04. The Bertz CT molecular complexity index is 605. The molecule has 0 saturated carbocycles. The SMILES string of the molecule is CCCc1cc(C(=O)NCc2cnn(C)c2)cc(N)n1. The molecule has 1 amide bonds. The Morgan fingerprint density at radius 1 is 1.45 bits per heavy atom. The molecule has 6 nitrogen and oxygen atoms in total. The lowest BCUT2D eigenvalue weighted by Crippen LogP contribution is -2.23. The molecule has 0 fully saturated rings. The Morgan fingerprint density at radius 2 is 2.25 bits per heavy atom. The van der Waals surface area contributed by atoms with Gasteiger partial charge in [0.1, 0.15) is 5.82 Å². The highest BCUT2D eigenvalue weighted by molar-refractivity contribution is 5.94. The maximum absolute atomic E-state index is 12.1. The molecule has 0 radical (unpaired) electrons. The van der Waals surface area contributed by atoms with Gasteiger partial charge < -0.3 is 11.1 Å². The molecule has 2 aromatic heterocycles. The molecule has 0 bridgehead atoms. The number of pyridine rings is 1. The lowest BCUT2D eigenvalue weighted by molar-refractivity contribution is 0.0950. The number of carbonyl (C=O) groups excluding carboxylic acids is 1. The molecule has 0 saturated heterocycles. The smallest absolute Gasteiger partial charge is 0.251 e. The van der Waals surface area contributed by atoms with Crippen LogP contribution in [-0.4, -0.2) is 20.7 Å². The molecule has 0 aliphatic heterocycles. The van der Waals surface area contributed by atoms with Crippen molar-refractivity contribution in [2.45, 2.75) is 26.3 Å². The Labute approximate surface area is 118 Å². The standard InChI is InChI=1S/C14H19N5O/c1-3-4-12-5-11(6-13(15)18-12)14(20)16-7-10-8-17-19(2)9-10/h5-6,8-9H,3-4,7H2,1-2H3,(H2,15,18)(H,16,20). The minimum Gasteiger partial charge on any atom is -0.384 e. The van der Waals surface area contributed by atoms with Gasteiger partial charge >= 0.3 is 0 Å². The fourth-order valence-electron chi connectivity index (χ4n) is 1.97. The number of aromatic nitrogens is 3. The van der Waals surface area contributed by atoms with Crippen molar-refractivity contribution in [3.63, 3.8) is 0 Å². The normalized spacial score (nSPS) is 10.5. The third-order valence-electron chi connectivity index (χ3n) is 2.88. The summed E-state index contributed by atoms with van der Waals surface area (Å²) in [6.07, 6.45) is 5.37. The largest absolute Gasteiger partial charge is 0.384 e. The second kappa shape index (κ2) is 6.18. The van der Waals surface area contributed by atoms with E-state index in [-0.39, 0.29) is 5.91 Å². The number of nitrogens with two attached hydrogens (primary N) is 1. The number of rotatable bonds is 5. The number of amides is 1. The average molecular weight is 273 g/mol. The fourth-order valence-corrected chi connectivity index (χ4v) is 1.97. The van der Waals surface area contributed by atoms with Crippen LogP contribution in [0.1, 0.15) is 35.0 Å². The third kappa shape index (κ3) is 3.57. The van der Waals surface area contributed by atoms with Gasteiger partial charge in [-0.05, 0) is 18.6 Å². The van der Waals surface area contributed by atoms with Crippen LogP contribution in [0.5, 0.6) is 0 Å². The monoisotopic (exact) mass is 273 g/mol. The number of nitrogens with one attached hydrogen (secondary N) is 1. The second-order valence-corrected chi connectivity index (χ2v) is 4.73. The van der Waals surface area contributed by atoms with E-state index >= 15 is 0 Å². The maximum Gasteiger partial charge on any atom is 0.251 e. The first kappa shape index (κ1) is 14.0. The van der Waals surface area contributed by atoms with Crippen LogP contribution in [0, 0.1) is 0 Å². The maximum atomic E-state index is 12.1. The van der Waals surface area contributed by atoms with Crippen LogP contribution in [0.15, 0.2) is 24.5 Å². The van der Waals surface area contributed by atoms with Crippen molar-refractivity contribution in [1.29, 1.82) is 0 Å². The number of nitrogen functional groups attached to an aromatic ring is 1. The zero-order valence-electron chi connectivity index (χ0n) is 11.8. The predicted octanol–water partition coefficient (Wildman–Crippen LogP) is 1.28. The summed E-state index contributed by atoms with van der Waals surface area (Å²) >= 11 is 0. The zero-order chi connectivity index (χ0) is 14.5. The summed E-state index contributed by atoms with van der Waals surface area (Å²) < 4.78 is 1.70. The van der Waals surface area contributed by atoms with Crippen LogP contribution in [0.25, 0.3) is 0 Å². The van der Waals surface area contributed by atoms with Crippen LogP contribution in [0.4, 0.5) is 5.82 Å². The van der Waals surface area contributed by atoms with Crippen LogP contribution in [0.3, 0.4) is 0 Å². The summed E-state index contributed by atoms with van der Waals surface area (Å²) in [6.45, 7) is 2.50. The van der Waals surface area contributed by atoms with Gasteiger partial charge in [0.25, 0.3) is 5.91 Å². The number of hydrogen-bond donors (Lipinski definition) is 2. The molecule has 3 N–H and O–H groups in total. The lowest BCUT2D eigenvalue weighted by Gasteiger charge is -2.07. The van der Waals surface area contributed by atoms with Gasteiger partial charge in [-0.15, -0.1) is 0 Å². The molecule has 0 aliphatic carbocycles. The van der Waals surface area contributed by atoms with E-state index < -0.39 is 0 Å². The van der Waals surface area contributed by atoms with E-state index in [1.165, 1.54) is 0 Å². The van der Waals surface area contributed by atoms with Crippen LogP contribution in [-0.2, 0) is 20.0 Å². The topological polar surface area (TPSA) is 85.8 Å². The summed E-state index contributed by atoms with van der Waals surface area (Å²) in [7, 11) is 1.84. The minimum atomic E-state index is -0.152. The number of anilines is 1. The van der Waals surface area contributed by atoms with E-state index in [2.05, 4.69) is 22.3 Å². The van der Waals surface area contributed by atoms with Crippen molar-refractivity contribution in [3.05, 3.63) is 41.3 Å². The van der Waals surface area contributed by atoms with Crippen molar-refractivity contribution in [1.82, 2.24) is 20.1 Å². The predicted molar refractivity (Wildman–Crippen MR) is 77.0 cm³/mol. The quantitative estimate of drug-likeness (QED) is 0.859. The molecule has 106 valence electrons. The molecule has 0 unspecified atom stereocenters. The molecule has 0 atom stereocenters. The molecule has 0 spiro atoms. The van der Waals surface area contributed by atoms with Gasteiger partial charge in [-0.1, -0.05) is 13.3 Å². The van der Waals surface area contributed by atoms with Gasteiger partial charge in [0.15, 0.2) is 0 Å². The van der Waals surface area contributed by atoms with Gasteiger partial charge in [-0.25, -0.2) is 4.98 Å². The minimum absolute atomic E-state index is 0.152. The summed E-state index contributed by atoms with van der Waals surface area (Å²) in [5.41, 5.74) is 8.08. The Kier molecular flexibility index (Phi) is 4.34. The van der Waals surface area contributed by atoms with Crippen molar-refractivity contribution < 1.29 is 4.79 Å². The highest BCUT2D eigenvalue weighted by atomic mass is 16.1. The van der Waals surface area contributed by atoms with Gasteiger partial charge in [-0.2, -0.15) is 5.10 Å². The molecule has 0 aliphatic rings. The highest BCUT2D eigenvalue weighted by Crippen LogP contribution is 2.10. The Hall–Kier alpha value is -2.37. The lowest BCUT2D eigenvalue weighted by atomic mass is 10.1. The van der Waals surface area contributed by atoms with E-state index in [4.69, 9.17) is 5.73 Å². The molecular formula is C14H19N5O. The van der Waals surface area contributed by atoms with Gasteiger partial charge in [0.05, 0.1) is 6.20 Å². The first-order chi connectivity index (χ1) is 9.58. The van der Waals surface area contributed by atoms with E-state index in [0.717, 1.165) is 24.1 Å². The number of nitrogens with zero attached hydrogens (tertiary/aromatic N) is 3. The van der Waals surface area contributed by atoms with Crippen molar-refractivity contribution in [2.75, 3.05) is 5.73 Å². The Morgan fingerprint density at radius 3 is 2.90 bits per heavy atom. The molecule has 2 rings (SSSR count). The molecular weight excluding hydrogens is 254 g/mol. The second-order valence-electron chi connectivity index (χ2n) is 4.73. The highest BCUT2D eigenvalue weighted by Gasteiger charge is 2.09. The van der Waals surface area contributed by atoms with E-state index in [0.29, 0.717) is 17.9 Å². The van der Waals surface area contributed by atoms with E-state index in [1.54, 1.807) is 23.0 Å². The average Bonchev–Trinajstić information content (AvgIpc) is 2.81. The molecule has 2 aromatic rings. The summed E-state index contributed by atoms with van der Waals surface area (Å²) in [5.74, 6) is 0.225. The van der Waals surface area contributed by atoms with Crippen molar-refractivity contribution in [3.8, 4) is 0 Å². The first-order valence-electron chi connectivity index (χ1n) is 6.60. The van der Waals surface area contributed by atoms with Gasteiger partial charge in [0.2, 0.25) is 0 Å². The van der Waals surface area contributed by atoms with Crippen LogP contribution >= 0.6 is 0 Å². The van der Waals surface area contributed by atoms with Crippen LogP contribution in [0.2, 0.25) is 0 Å². The number of carbonyl (C=O) groups is 1. The molecule has 20 heavy (non-hydrogen) atoms. The fraction of sp³-hybridized carbons (Fsp3) is 0.357. The van der Waals surface area contributed by atoms with Gasteiger partial charge in [-0.3, -0.25) is 9.48 Å². The summed E-state index contributed by atoms with van der Waals surface area (Å²) in [4.78, 5) is 16.3. The summed E-state index contributed by atoms with van der Waals surface area (Å²) in [6, 6.07) is 3.39. The van der Waals surface area contributed by atoms with Crippen molar-refractivity contribution >= 4 is 11.7 Å². The molecule has 6 heteroatoms. The zero-order valence-corrected chi connectivity index (χ0v) is 11.8. The molecule has 2 heterocycles. The van der Waals surface area contributed by atoms with Crippen molar-refractivity contribution in [2.24, 2.45) is 7.05 Å². The van der Waals surface area contributed by atoms with Gasteiger partial charge in [0, 0.05) is 36.6 Å². The third-order valence-corrected chi connectivity index (χ3v) is 2.88. The summed E-state index contributed by atoms with van der Waals surface area (Å²) in [5, 5.41) is 6.90. The van der Waals surface area contributed by atoms with E-state index in [1.807, 2.05) is 13.2 Å².